The van der Waals surface area contributed by atoms with Gasteiger partial charge in [-0.2, -0.15) is 0 Å². The molecule has 0 radical (unpaired) electrons. The van der Waals surface area contributed by atoms with Crippen LogP contribution in [0.1, 0.15) is 18.7 Å². The lowest BCUT2D eigenvalue weighted by Gasteiger charge is -2.08. The Labute approximate surface area is 125 Å². The predicted molar refractivity (Wildman–Crippen MR) is 79.9 cm³/mol. The van der Waals surface area contributed by atoms with Gasteiger partial charge in [0, 0.05) is 20.3 Å². The van der Waals surface area contributed by atoms with Crippen molar-refractivity contribution in [2.75, 3.05) is 0 Å². The molecule has 2 aromatic rings. The molecule has 0 bridgehead atoms. The lowest BCUT2D eigenvalue weighted by molar-refractivity contribution is 0.445. The monoisotopic (exact) mass is 363 g/mol. The third kappa shape index (κ3) is 3.10. The SMILES string of the molecule is Cc1sc(-c2ccoc2S(=O)(=O)NC(C)C)cc1Br. The molecular weight excluding hydrogens is 350 g/mol. The minimum Gasteiger partial charge on any atom is -0.451 e. The summed E-state index contributed by atoms with van der Waals surface area (Å²) in [6.07, 6.45) is 1.40. The Morgan fingerprint density at radius 2 is 2.11 bits per heavy atom. The largest absolute Gasteiger partial charge is 0.451 e. The standard InChI is InChI=1S/C12H14BrNO3S2/c1-7(2)14-19(15,16)12-9(4-5-17-12)11-6-10(13)8(3)18-11/h4-7,14H,1-3H3. The molecule has 0 unspecified atom stereocenters. The molecule has 1 N–H and O–H groups in total. The van der Waals surface area contributed by atoms with E-state index in [2.05, 4.69) is 20.7 Å². The van der Waals surface area contributed by atoms with Crippen LogP contribution >= 0.6 is 27.3 Å². The Morgan fingerprint density at radius 3 is 2.63 bits per heavy atom. The van der Waals surface area contributed by atoms with E-state index in [-0.39, 0.29) is 11.1 Å². The van der Waals surface area contributed by atoms with Gasteiger partial charge < -0.3 is 4.42 Å². The number of nitrogens with one attached hydrogen (secondary N) is 1. The zero-order valence-corrected chi connectivity index (χ0v) is 13.9. The van der Waals surface area contributed by atoms with E-state index in [0.717, 1.165) is 14.2 Å². The van der Waals surface area contributed by atoms with Gasteiger partial charge in [-0.25, -0.2) is 13.1 Å². The molecule has 7 heteroatoms. The predicted octanol–water partition coefficient (Wildman–Crippen LogP) is 3.77. The molecule has 2 rings (SSSR count). The molecule has 0 saturated heterocycles. The summed E-state index contributed by atoms with van der Waals surface area (Å²) >= 11 is 4.95. The van der Waals surface area contributed by atoms with Crippen molar-refractivity contribution >= 4 is 37.3 Å². The van der Waals surface area contributed by atoms with E-state index in [1.54, 1.807) is 19.9 Å². The first-order valence-electron chi connectivity index (χ1n) is 5.67. The first kappa shape index (κ1) is 14.8. The fourth-order valence-corrected chi connectivity index (χ4v) is 4.64. The van der Waals surface area contributed by atoms with Gasteiger partial charge in [0.1, 0.15) is 0 Å². The average molecular weight is 364 g/mol. The van der Waals surface area contributed by atoms with Crippen molar-refractivity contribution in [1.29, 1.82) is 0 Å². The van der Waals surface area contributed by atoms with Crippen LogP contribution in [0, 0.1) is 6.92 Å². The van der Waals surface area contributed by atoms with Crippen molar-refractivity contribution in [1.82, 2.24) is 4.72 Å². The van der Waals surface area contributed by atoms with Gasteiger partial charge in [-0.3, -0.25) is 0 Å². The Balaban J connectivity index is 2.49. The van der Waals surface area contributed by atoms with Crippen LogP contribution in [0.2, 0.25) is 0 Å². The summed E-state index contributed by atoms with van der Waals surface area (Å²) in [7, 11) is -3.62. The summed E-state index contributed by atoms with van der Waals surface area (Å²) in [5.41, 5.74) is 0.590. The highest BCUT2D eigenvalue weighted by Gasteiger charge is 2.25. The molecule has 0 aliphatic carbocycles. The van der Waals surface area contributed by atoms with Crippen molar-refractivity contribution in [3.63, 3.8) is 0 Å². The minimum absolute atomic E-state index is 0.0325. The maximum absolute atomic E-state index is 12.2. The van der Waals surface area contributed by atoms with Crippen LogP contribution in [0.3, 0.4) is 0 Å². The van der Waals surface area contributed by atoms with Crippen molar-refractivity contribution in [2.45, 2.75) is 31.9 Å². The first-order chi connectivity index (χ1) is 8.81. The fraction of sp³-hybridized carbons (Fsp3) is 0.333. The molecule has 0 spiro atoms. The maximum Gasteiger partial charge on any atom is 0.274 e. The summed E-state index contributed by atoms with van der Waals surface area (Å²) in [5.74, 6) is 0. The second kappa shape index (κ2) is 5.40. The van der Waals surface area contributed by atoms with E-state index in [9.17, 15) is 8.42 Å². The molecule has 0 amide bonds. The second-order valence-electron chi connectivity index (χ2n) is 4.41. The van der Waals surface area contributed by atoms with E-state index in [1.807, 2.05) is 13.0 Å². The van der Waals surface area contributed by atoms with Gasteiger partial charge >= 0.3 is 0 Å². The summed E-state index contributed by atoms with van der Waals surface area (Å²) < 4.78 is 33.0. The highest BCUT2D eigenvalue weighted by Crippen LogP contribution is 2.37. The van der Waals surface area contributed by atoms with Crippen LogP contribution in [0.4, 0.5) is 0 Å². The van der Waals surface area contributed by atoms with Gasteiger partial charge in [0.2, 0.25) is 5.09 Å². The molecular formula is C12H14BrNO3S2. The lowest BCUT2D eigenvalue weighted by atomic mass is 10.3. The van der Waals surface area contributed by atoms with Gasteiger partial charge in [0.15, 0.2) is 0 Å². The number of furan rings is 1. The molecule has 19 heavy (non-hydrogen) atoms. The molecule has 0 aromatic carbocycles. The van der Waals surface area contributed by atoms with E-state index >= 15 is 0 Å². The quantitative estimate of drug-likeness (QED) is 0.899. The zero-order valence-electron chi connectivity index (χ0n) is 10.7. The Morgan fingerprint density at radius 1 is 1.42 bits per heavy atom. The normalized spacial score (nSPS) is 12.3. The number of hydrogen-bond acceptors (Lipinski definition) is 4. The Kier molecular flexibility index (Phi) is 4.20. The molecule has 2 aromatic heterocycles. The molecule has 4 nitrogen and oxygen atoms in total. The van der Waals surface area contributed by atoms with Crippen LogP contribution in [0.25, 0.3) is 10.4 Å². The Hall–Kier alpha value is -0.630. The van der Waals surface area contributed by atoms with Gasteiger partial charge in [0.05, 0.1) is 11.8 Å². The summed E-state index contributed by atoms with van der Waals surface area (Å²) in [6, 6.07) is 3.39. The highest BCUT2D eigenvalue weighted by molar-refractivity contribution is 9.10. The zero-order chi connectivity index (χ0) is 14.2. The van der Waals surface area contributed by atoms with Crippen LogP contribution in [-0.2, 0) is 10.0 Å². The first-order valence-corrected chi connectivity index (χ1v) is 8.76. The van der Waals surface area contributed by atoms with Crippen molar-refractivity contribution in [2.24, 2.45) is 0 Å². The molecule has 2 heterocycles. The van der Waals surface area contributed by atoms with E-state index in [1.165, 1.54) is 17.6 Å². The molecule has 0 aliphatic heterocycles. The van der Waals surface area contributed by atoms with Crippen LogP contribution in [0.15, 0.2) is 32.4 Å². The van der Waals surface area contributed by atoms with Crippen LogP contribution < -0.4 is 4.72 Å². The molecule has 0 saturated carbocycles. The molecule has 0 aliphatic rings. The summed E-state index contributed by atoms with van der Waals surface area (Å²) in [6.45, 7) is 5.51. The number of sulfonamides is 1. The third-order valence-corrected chi connectivity index (χ3v) is 6.14. The number of thiophene rings is 1. The van der Waals surface area contributed by atoms with Crippen molar-refractivity contribution < 1.29 is 12.8 Å². The van der Waals surface area contributed by atoms with Gasteiger partial charge in [0.25, 0.3) is 10.0 Å². The third-order valence-electron chi connectivity index (χ3n) is 2.39. The van der Waals surface area contributed by atoms with Crippen LogP contribution in [-0.4, -0.2) is 14.5 Å². The van der Waals surface area contributed by atoms with Crippen LogP contribution in [0.5, 0.6) is 0 Å². The topological polar surface area (TPSA) is 59.3 Å². The number of halogens is 1. The van der Waals surface area contributed by atoms with E-state index < -0.39 is 10.0 Å². The Bertz CT molecular complexity index is 666. The minimum atomic E-state index is -3.62. The molecule has 104 valence electrons. The van der Waals surface area contributed by atoms with Crippen molar-refractivity contribution in [3.8, 4) is 10.4 Å². The fourth-order valence-electron chi connectivity index (χ4n) is 1.64. The maximum atomic E-state index is 12.2. The number of rotatable bonds is 4. The average Bonchev–Trinajstić information content (AvgIpc) is 2.84. The molecule has 0 atom stereocenters. The number of hydrogen-bond donors (Lipinski definition) is 1. The summed E-state index contributed by atoms with van der Waals surface area (Å²) in [4.78, 5) is 1.96. The van der Waals surface area contributed by atoms with Gasteiger partial charge in [-0.15, -0.1) is 11.3 Å². The smallest absolute Gasteiger partial charge is 0.274 e. The number of aryl methyl sites for hydroxylation is 1. The van der Waals surface area contributed by atoms with Gasteiger partial charge in [-0.1, -0.05) is 0 Å². The highest BCUT2D eigenvalue weighted by atomic mass is 79.9. The second-order valence-corrected chi connectivity index (χ2v) is 8.14. The lowest BCUT2D eigenvalue weighted by Crippen LogP contribution is -2.30. The molecule has 0 fully saturated rings. The van der Waals surface area contributed by atoms with E-state index in [4.69, 9.17) is 4.42 Å². The van der Waals surface area contributed by atoms with Gasteiger partial charge in [-0.05, 0) is 48.8 Å². The van der Waals surface area contributed by atoms with E-state index in [0.29, 0.717) is 5.56 Å². The summed E-state index contributed by atoms with van der Waals surface area (Å²) in [5, 5.41) is -0.0325. The van der Waals surface area contributed by atoms with Crippen molar-refractivity contribution in [3.05, 3.63) is 27.7 Å².